The highest BCUT2D eigenvalue weighted by Gasteiger charge is 2.21. The normalized spacial score (nSPS) is 12.1. The minimum absolute atomic E-state index is 0.329. The molecule has 1 aromatic rings. The SMILES string of the molecule is Nc1c(Cl)cc(S(N)(=O)=O)nc1C(F)F. The van der Waals surface area contributed by atoms with Crippen molar-refractivity contribution in [3.63, 3.8) is 0 Å². The van der Waals surface area contributed by atoms with Crippen LogP contribution in [0.25, 0.3) is 0 Å². The molecular weight excluding hydrogens is 252 g/mol. The molecule has 0 saturated carbocycles. The van der Waals surface area contributed by atoms with Gasteiger partial charge in [0.05, 0.1) is 10.7 Å². The lowest BCUT2D eigenvalue weighted by atomic mass is 10.3. The fourth-order valence-electron chi connectivity index (χ4n) is 0.832. The molecule has 5 nitrogen and oxygen atoms in total. The number of nitrogens with zero attached hydrogens (tertiary/aromatic N) is 1. The van der Waals surface area contributed by atoms with Crippen LogP contribution in [0.4, 0.5) is 14.5 Å². The quantitative estimate of drug-likeness (QED) is 0.822. The number of aromatic nitrogens is 1. The van der Waals surface area contributed by atoms with Gasteiger partial charge in [0, 0.05) is 0 Å². The van der Waals surface area contributed by atoms with Gasteiger partial charge in [0.1, 0.15) is 5.69 Å². The van der Waals surface area contributed by atoms with E-state index in [1.807, 2.05) is 0 Å². The summed E-state index contributed by atoms with van der Waals surface area (Å²) in [6, 6.07) is 0.818. The number of halogens is 3. The van der Waals surface area contributed by atoms with Crippen molar-refractivity contribution >= 4 is 27.3 Å². The average Bonchev–Trinajstić information content (AvgIpc) is 2.06. The highest BCUT2D eigenvalue weighted by Crippen LogP contribution is 2.30. The largest absolute Gasteiger partial charge is 0.396 e. The first-order valence-corrected chi connectivity index (χ1v) is 5.42. The summed E-state index contributed by atoms with van der Waals surface area (Å²) < 4.78 is 46.4. The molecule has 0 aliphatic carbocycles. The summed E-state index contributed by atoms with van der Waals surface area (Å²) in [6.45, 7) is 0. The van der Waals surface area contributed by atoms with E-state index in [1.165, 1.54) is 0 Å². The molecule has 0 fully saturated rings. The molecule has 0 spiro atoms. The van der Waals surface area contributed by atoms with Gasteiger partial charge in [-0.1, -0.05) is 11.6 Å². The van der Waals surface area contributed by atoms with Gasteiger partial charge in [-0.2, -0.15) is 0 Å². The maximum absolute atomic E-state index is 12.3. The topological polar surface area (TPSA) is 99.1 Å². The molecule has 1 aromatic heterocycles. The number of nitrogen functional groups attached to an aromatic ring is 1. The maximum atomic E-state index is 12.3. The molecule has 0 aliphatic heterocycles. The molecule has 0 atom stereocenters. The predicted molar refractivity (Wildman–Crippen MR) is 50.0 cm³/mol. The second-order valence-corrected chi connectivity index (χ2v) is 4.50. The zero-order chi connectivity index (χ0) is 11.8. The Labute approximate surface area is 89.1 Å². The van der Waals surface area contributed by atoms with Gasteiger partial charge < -0.3 is 5.73 Å². The highest BCUT2D eigenvalue weighted by molar-refractivity contribution is 7.89. The van der Waals surface area contributed by atoms with Gasteiger partial charge in [-0.15, -0.1) is 0 Å². The van der Waals surface area contributed by atoms with E-state index in [9.17, 15) is 17.2 Å². The summed E-state index contributed by atoms with van der Waals surface area (Å²) in [6.07, 6.45) is -3.02. The third kappa shape index (κ3) is 2.52. The van der Waals surface area contributed by atoms with E-state index in [0.717, 1.165) is 6.07 Å². The number of hydrogen-bond donors (Lipinski definition) is 2. The Balaban J connectivity index is 3.50. The number of pyridine rings is 1. The number of rotatable bonds is 2. The van der Waals surface area contributed by atoms with Gasteiger partial charge in [0.15, 0.2) is 5.03 Å². The molecule has 0 amide bonds. The first-order valence-electron chi connectivity index (χ1n) is 3.50. The molecule has 1 heterocycles. The van der Waals surface area contributed by atoms with E-state index in [2.05, 4.69) is 4.98 Å². The van der Waals surface area contributed by atoms with Crippen molar-refractivity contribution in [3.8, 4) is 0 Å². The van der Waals surface area contributed by atoms with Crippen molar-refractivity contribution in [1.82, 2.24) is 4.98 Å². The van der Waals surface area contributed by atoms with Crippen LogP contribution in [0.1, 0.15) is 12.1 Å². The van der Waals surface area contributed by atoms with Crippen molar-refractivity contribution in [2.75, 3.05) is 5.73 Å². The number of sulfonamides is 1. The standard InChI is InChI=1S/C6H6ClF2N3O2S/c7-2-1-3(15(11,13)14)12-5(4(2)10)6(8)9/h1,6H,10H2,(H2,11,13,14). The molecule has 0 radical (unpaired) electrons. The molecule has 0 aromatic carbocycles. The van der Waals surface area contributed by atoms with Crippen LogP contribution >= 0.6 is 11.6 Å². The highest BCUT2D eigenvalue weighted by atomic mass is 35.5. The van der Waals surface area contributed by atoms with Crippen molar-refractivity contribution in [3.05, 3.63) is 16.8 Å². The second-order valence-electron chi connectivity index (χ2n) is 2.59. The molecule has 0 saturated heterocycles. The van der Waals surface area contributed by atoms with Crippen LogP contribution in [-0.4, -0.2) is 13.4 Å². The van der Waals surface area contributed by atoms with Crippen molar-refractivity contribution in [2.24, 2.45) is 5.14 Å². The predicted octanol–water partition coefficient (Wildman–Crippen LogP) is 0.902. The van der Waals surface area contributed by atoms with Crippen LogP contribution in [0.15, 0.2) is 11.1 Å². The lowest BCUT2D eigenvalue weighted by Crippen LogP contribution is -2.15. The minimum Gasteiger partial charge on any atom is -0.396 e. The van der Waals surface area contributed by atoms with Crippen LogP contribution in [0, 0.1) is 0 Å². The Bertz CT molecular complexity index is 491. The van der Waals surface area contributed by atoms with Gasteiger partial charge in [0.2, 0.25) is 0 Å². The second kappa shape index (κ2) is 3.87. The van der Waals surface area contributed by atoms with Gasteiger partial charge >= 0.3 is 0 Å². The monoisotopic (exact) mass is 257 g/mol. The molecule has 4 N–H and O–H groups in total. The average molecular weight is 258 g/mol. The molecule has 9 heteroatoms. The number of nitrogens with two attached hydrogens (primary N) is 2. The molecule has 0 unspecified atom stereocenters. The molecule has 1 rings (SSSR count). The van der Waals surface area contributed by atoms with E-state index in [4.69, 9.17) is 22.5 Å². The number of alkyl halides is 2. The van der Waals surface area contributed by atoms with Gasteiger partial charge in [0.25, 0.3) is 16.4 Å². The Hall–Kier alpha value is -0.990. The van der Waals surface area contributed by atoms with Crippen molar-refractivity contribution in [1.29, 1.82) is 0 Å². The van der Waals surface area contributed by atoms with Gasteiger partial charge in [-0.05, 0) is 6.07 Å². The zero-order valence-corrected chi connectivity index (χ0v) is 8.69. The van der Waals surface area contributed by atoms with E-state index in [1.54, 1.807) is 0 Å². The molecular formula is C6H6ClF2N3O2S. The fraction of sp³-hybridized carbons (Fsp3) is 0.167. The van der Waals surface area contributed by atoms with Crippen LogP contribution in [0.3, 0.4) is 0 Å². The summed E-state index contributed by atoms with van der Waals surface area (Å²) >= 11 is 5.45. The van der Waals surface area contributed by atoms with Crippen LogP contribution in [-0.2, 0) is 10.0 Å². The van der Waals surface area contributed by atoms with E-state index >= 15 is 0 Å². The number of anilines is 1. The minimum atomic E-state index is -4.18. The van der Waals surface area contributed by atoms with Crippen molar-refractivity contribution in [2.45, 2.75) is 11.5 Å². The first kappa shape index (κ1) is 12.1. The molecule has 84 valence electrons. The zero-order valence-electron chi connectivity index (χ0n) is 7.12. The third-order valence-corrected chi connectivity index (χ3v) is 2.62. The Kier molecular flexibility index (Phi) is 3.12. The summed E-state index contributed by atoms with van der Waals surface area (Å²) in [4.78, 5) is 3.13. The number of hydrogen-bond acceptors (Lipinski definition) is 4. The van der Waals surface area contributed by atoms with Crippen LogP contribution in [0.5, 0.6) is 0 Å². The van der Waals surface area contributed by atoms with E-state index in [-0.39, 0.29) is 5.02 Å². The van der Waals surface area contributed by atoms with E-state index in [0.29, 0.717) is 0 Å². The summed E-state index contributed by atoms with van der Waals surface area (Å²) in [5, 5.41) is 3.64. The third-order valence-electron chi connectivity index (χ3n) is 1.51. The Morgan fingerprint density at radius 1 is 1.47 bits per heavy atom. The smallest absolute Gasteiger partial charge is 0.282 e. The van der Waals surface area contributed by atoms with E-state index < -0.39 is 32.9 Å². The molecule has 0 bridgehead atoms. The lowest BCUT2D eigenvalue weighted by Gasteiger charge is -2.07. The number of primary sulfonamides is 1. The Morgan fingerprint density at radius 2 is 2.00 bits per heavy atom. The molecule has 15 heavy (non-hydrogen) atoms. The summed E-state index contributed by atoms with van der Waals surface area (Å²) in [5.41, 5.74) is 3.83. The van der Waals surface area contributed by atoms with Crippen LogP contribution < -0.4 is 10.9 Å². The summed E-state index contributed by atoms with van der Waals surface area (Å²) in [7, 11) is -4.18. The first-order chi connectivity index (χ1) is 6.73. The Morgan fingerprint density at radius 3 is 2.40 bits per heavy atom. The molecule has 0 aliphatic rings. The van der Waals surface area contributed by atoms with Gasteiger partial charge in [-0.25, -0.2) is 27.3 Å². The van der Waals surface area contributed by atoms with Crippen LogP contribution in [0.2, 0.25) is 5.02 Å². The fourth-order valence-corrected chi connectivity index (χ4v) is 1.60. The maximum Gasteiger partial charge on any atom is 0.282 e. The van der Waals surface area contributed by atoms with Gasteiger partial charge in [-0.3, -0.25) is 0 Å². The lowest BCUT2D eigenvalue weighted by molar-refractivity contribution is 0.146. The van der Waals surface area contributed by atoms with Crippen molar-refractivity contribution < 1.29 is 17.2 Å². The summed E-state index contributed by atoms with van der Waals surface area (Å²) in [5.74, 6) is 0.